The molecule has 8 nitrogen and oxygen atoms in total. The zero-order chi connectivity index (χ0) is 24.3. The summed E-state index contributed by atoms with van der Waals surface area (Å²) in [5, 5.41) is 10.3. The number of aromatic nitrogens is 3. The third-order valence-corrected chi connectivity index (χ3v) is 6.29. The van der Waals surface area contributed by atoms with Crippen LogP contribution >= 0.6 is 0 Å². The van der Waals surface area contributed by atoms with E-state index in [2.05, 4.69) is 30.9 Å². The highest BCUT2D eigenvalue weighted by molar-refractivity contribution is 5.44. The van der Waals surface area contributed by atoms with Crippen LogP contribution in [0.3, 0.4) is 0 Å². The van der Waals surface area contributed by atoms with Crippen LogP contribution in [0.4, 0.5) is 17.8 Å². The lowest BCUT2D eigenvalue weighted by Gasteiger charge is -2.21. The van der Waals surface area contributed by atoms with Gasteiger partial charge in [0.05, 0.1) is 14.2 Å². The first-order valence-corrected chi connectivity index (χ1v) is 12.5. The van der Waals surface area contributed by atoms with Gasteiger partial charge in [-0.05, 0) is 48.2 Å². The van der Waals surface area contributed by atoms with Gasteiger partial charge in [0.25, 0.3) is 0 Å². The summed E-state index contributed by atoms with van der Waals surface area (Å²) >= 11 is 0. The Labute approximate surface area is 207 Å². The molecule has 3 aromatic rings. The first kappa shape index (κ1) is 24.6. The Morgan fingerprint density at radius 1 is 0.629 bits per heavy atom. The molecule has 1 aliphatic carbocycles. The van der Waals surface area contributed by atoms with Gasteiger partial charge in [-0.2, -0.15) is 15.0 Å². The minimum atomic E-state index is 0.390. The lowest BCUT2D eigenvalue weighted by Crippen LogP contribution is -2.23. The van der Waals surface area contributed by atoms with Gasteiger partial charge < -0.3 is 25.4 Å². The minimum absolute atomic E-state index is 0.390. The average Bonchev–Trinajstić information content (AvgIpc) is 2.88. The maximum absolute atomic E-state index is 5.25. The molecule has 1 saturated carbocycles. The van der Waals surface area contributed by atoms with Crippen LogP contribution in [0.15, 0.2) is 48.5 Å². The summed E-state index contributed by atoms with van der Waals surface area (Å²) in [5.41, 5.74) is 2.24. The number of hydrogen-bond acceptors (Lipinski definition) is 8. The Morgan fingerprint density at radius 2 is 1.06 bits per heavy atom. The van der Waals surface area contributed by atoms with Crippen LogP contribution in [0.5, 0.6) is 11.5 Å². The zero-order valence-corrected chi connectivity index (χ0v) is 20.7. The van der Waals surface area contributed by atoms with Crippen molar-refractivity contribution in [2.75, 3.05) is 30.2 Å². The van der Waals surface area contributed by atoms with Gasteiger partial charge in [0.1, 0.15) is 11.5 Å². The van der Waals surface area contributed by atoms with Gasteiger partial charge in [-0.1, -0.05) is 56.4 Å². The van der Waals surface area contributed by atoms with Crippen molar-refractivity contribution < 1.29 is 9.47 Å². The van der Waals surface area contributed by atoms with Crippen molar-refractivity contribution in [1.82, 2.24) is 15.0 Å². The summed E-state index contributed by atoms with van der Waals surface area (Å²) in [6, 6.07) is 16.3. The normalized spacial score (nSPS) is 14.5. The number of nitrogens with one attached hydrogen (secondary N) is 3. The predicted molar refractivity (Wildman–Crippen MR) is 140 cm³/mol. The molecule has 186 valence electrons. The van der Waals surface area contributed by atoms with E-state index in [1.807, 2.05) is 48.5 Å². The Morgan fingerprint density at radius 3 is 1.51 bits per heavy atom. The molecule has 0 radical (unpaired) electrons. The monoisotopic (exact) mass is 476 g/mol. The number of nitrogens with zero attached hydrogens (tertiary/aromatic N) is 3. The van der Waals surface area contributed by atoms with Gasteiger partial charge in [-0.25, -0.2) is 0 Å². The zero-order valence-electron chi connectivity index (χ0n) is 20.7. The average molecular weight is 477 g/mol. The van der Waals surface area contributed by atoms with E-state index in [1.54, 1.807) is 14.2 Å². The molecule has 0 aliphatic heterocycles. The largest absolute Gasteiger partial charge is 0.497 e. The minimum Gasteiger partial charge on any atom is -0.497 e. The van der Waals surface area contributed by atoms with E-state index < -0.39 is 0 Å². The van der Waals surface area contributed by atoms with Gasteiger partial charge in [0, 0.05) is 19.1 Å². The fourth-order valence-corrected chi connectivity index (χ4v) is 4.23. The molecule has 0 saturated heterocycles. The molecule has 2 aromatic carbocycles. The van der Waals surface area contributed by atoms with Gasteiger partial charge >= 0.3 is 0 Å². The molecule has 1 aliphatic rings. The number of benzene rings is 2. The van der Waals surface area contributed by atoms with Crippen LogP contribution in [0, 0.1) is 0 Å². The second-order valence-corrected chi connectivity index (χ2v) is 8.90. The van der Waals surface area contributed by atoms with Crippen LogP contribution < -0.4 is 25.4 Å². The van der Waals surface area contributed by atoms with Crippen LogP contribution in [0.2, 0.25) is 0 Å². The van der Waals surface area contributed by atoms with E-state index in [9.17, 15) is 0 Å². The summed E-state index contributed by atoms with van der Waals surface area (Å²) in [7, 11) is 3.34. The maximum Gasteiger partial charge on any atom is 0.229 e. The van der Waals surface area contributed by atoms with Gasteiger partial charge in [0.2, 0.25) is 17.8 Å². The number of ether oxygens (including phenoxy) is 2. The third-order valence-electron chi connectivity index (χ3n) is 6.29. The van der Waals surface area contributed by atoms with Gasteiger partial charge in [0.15, 0.2) is 0 Å². The number of rotatable bonds is 10. The van der Waals surface area contributed by atoms with E-state index in [0.717, 1.165) is 35.5 Å². The molecular formula is C27H36N6O2. The molecule has 4 rings (SSSR count). The molecule has 3 N–H and O–H groups in total. The van der Waals surface area contributed by atoms with E-state index in [4.69, 9.17) is 9.47 Å². The molecule has 1 aromatic heterocycles. The van der Waals surface area contributed by atoms with Crippen LogP contribution in [0.1, 0.15) is 56.1 Å². The highest BCUT2D eigenvalue weighted by Gasteiger charge is 2.14. The van der Waals surface area contributed by atoms with E-state index in [-0.39, 0.29) is 0 Å². The van der Waals surface area contributed by atoms with Crippen molar-refractivity contribution in [3.63, 3.8) is 0 Å². The van der Waals surface area contributed by atoms with Crippen molar-refractivity contribution in [3.8, 4) is 11.5 Å². The molecule has 0 bridgehead atoms. The SMILES string of the molecule is COc1ccc(CNc2nc(NCc3ccc(OC)cc3)nc(NC3CCCCCCC3)n2)cc1. The molecule has 8 heteroatoms. The standard InChI is InChI=1S/C27H36N6O2/c1-34-23-14-10-20(11-15-23)18-28-25-31-26(29-19-21-12-16-24(35-2)17-13-21)33-27(32-25)30-22-8-6-4-3-5-7-9-22/h10-17,22H,3-9,18-19H2,1-2H3,(H3,28,29,30,31,32,33). The van der Waals surface area contributed by atoms with Crippen molar-refractivity contribution in [2.45, 2.75) is 64.1 Å². The summed E-state index contributed by atoms with van der Waals surface area (Å²) in [6.07, 6.45) is 8.74. The van der Waals surface area contributed by atoms with Crippen molar-refractivity contribution in [1.29, 1.82) is 0 Å². The van der Waals surface area contributed by atoms with Crippen LogP contribution in [-0.4, -0.2) is 35.2 Å². The third kappa shape index (κ3) is 7.73. The number of anilines is 3. The summed E-state index contributed by atoms with van der Waals surface area (Å²) in [6.45, 7) is 1.21. The Bertz CT molecular complexity index is 965. The van der Waals surface area contributed by atoms with E-state index in [0.29, 0.717) is 37.0 Å². The second-order valence-electron chi connectivity index (χ2n) is 8.90. The topological polar surface area (TPSA) is 93.2 Å². The summed E-state index contributed by atoms with van der Waals surface area (Å²) < 4.78 is 10.5. The molecule has 0 spiro atoms. The van der Waals surface area contributed by atoms with Crippen molar-refractivity contribution >= 4 is 17.8 Å². The first-order valence-electron chi connectivity index (χ1n) is 12.5. The fourth-order valence-electron chi connectivity index (χ4n) is 4.23. The van der Waals surface area contributed by atoms with Crippen LogP contribution in [0.25, 0.3) is 0 Å². The molecule has 0 atom stereocenters. The summed E-state index contributed by atoms with van der Waals surface area (Å²) in [4.78, 5) is 14.0. The Kier molecular flexibility index (Phi) is 8.98. The van der Waals surface area contributed by atoms with E-state index in [1.165, 1.54) is 32.1 Å². The number of hydrogen-bond donors (Lipinski definition) is 3. The fraction of sp³-hybridized carbons (Fsp3) is 0.444. The van der Waals surface area contributed by atoms with Crippen LogP contribution in [-0.2, 0) is 13.1 Å². The highest BCUT2D eigenvalue weighted by atomic mass is 16.5. The lowest BCUT2D eigenvalue weighted by atomic mass is 9.97. The quantitative estimate of drug-likeness (QED) is 0.346. The van der Waals surface area contributed by atoms with Gasteiger partial charge in [-0.3, -0.25) is 0 Å². The van der Waals surface area contributed by atoms with Crippen molar-refractivity contribution in [2.24, 2.45) is 0 Å². The predicted octanol–water partition coefficient (Wildman–Crippen LogP) is 5.64. The van der Waals surface area contributed by atoms with E-state index >= 15 is 0 Å². The molecule has 0 amide bonds. The maximum atomic E-state index is 5.25. The smallest absolute Gasteiger partial charge is 0.229 e. The van der Waals surface area contributed by atoms with Crippen molar-refractivity contribution in [3.05, 3.63) is 59.7 Å². The number of methoxy groups -OCH3 is 2. The first-order chi connectivity index (χ1) is 17.2. The lowest BCUT2D eigenvalue weighted by molar-refractivity contribution is 0.414. The molecule has 35 heavy (non-hydrogen) atoms. The molecule has 0 unspecified atom stereocenters. The second kappa shape index (κ2) is 12.8. The molecule has 1 fully saturated rings. The molecular weight excluding hydrogens is 440 g/mol. The Hall–Kier alpha value is -3.55. The summed E-state index contributed by atoms with van der Waals surface area (Å²) in [5.74, 6) is 3.37. The van der Waals surface area contributed by atoms with Gasteiger partial charge in [-0.15, -0.1) is 0 Å². The highest BCUT2D eigenvalue weighted by Crippen LogP contribution is 2.21. The Balaban J connectivity index is 1.46. The molecule has 1 heterocycles.